The number of hydrogen-bond acceptors (Lipinski definition) is 6. The molecule has 0 unspecified atom stereocenters. The van der Waals surface area contributed by atoms with Gasteiger partial charge in [-0.1, -0.05) is 18.0 Å². The molecule has 0 aliphatic heterocycles. The van der Waals surface area contributed by atoms with E-state index in [9.17, 15) is 0 Å². The molecule has 19 heavy (non-hydrogen) atoms. The van der Waals surface area contributed by atoms with Gasteiger partial charge in [-0.3, -0.25) is 0 Å². The third-order valence-electron chi connectivity index (χ3n) is 3.38. The third-order valence-corrected chi connectivity index (χ3v) is 4.35. The van der Waals surface area contributed by atoms with Crippen molar-refractivity contribution in [1.29, 1.82) is 0 Å². The van der Waals surface area contributed by atoms with Crippen LogP contribution < -0.4 is 5.32 Å². The summed E-state index contributed by atoms with van der Waals surface area (Å²) < 4.78 is 5.26. The summed E-state index contributed by atoms with van der Waals surface area (Å²) in [4.78, 5) is 8.81. The molecule has 0 atom stereocenters. The highest BCUT2D eigenvalue weighted by molar-refractivity contribution is 7.09. The predicted octanol–water partition coefficient (Wildman–Crippen LogP) is 2.46. The predicted molar refractivity (Wildman–Crippen MR) is 73.1 cm³/mol. The van der Waals surface area contributed by atoms with E-state index in [0.29, 0.717) is 24.9 Å². The van der Waals surface area contributed by atoms with E-state index in [-0.39, 0.29) is 0 Å². The summed E-state index contributed by atoms with van der Waals surface area (Å²) in [6.07, 6.45) is 5.84. The first-order chi connectivity index (χ1) is 9.29. The maximum Gasteiger partial charge on any atom is 0.240 e. The molecule has 5 nitrogen and oxygen atoms in total. The van der Waals surface area contributed by atoms with Crippen LogP contribution in [0.15, 0.2) is 9.90 Å². The Morgan fingerprint density at radius 2 is 2.21 bits per heavy atom. The fourth-order valence-corrected chi connectivity index (χ4v) is 3.18. The van der Waals surface area contributed by atoms with Crippen molar-refractivity contribution < 1.29 is 4.52 Å². The lowest BCUT2D eigenvalue weighted by molar-refractivity contribution is 0.353. The van der Waals surface area contributed by atoms with Crippen LogP contribution in [-0.4, -0.2) is 21.2 Å². The van der Waals surface area contributed by atoms with Crippen molar-refractivity contribution in [2.45, 2.75) is 51.6 Å². The van der Waals surface area contributed by atoms with Crippen LogP contribution in [0.3, 0.4) is 0 Å². The Kier molecular flexibility index (Phi) is 3.89. The van der Waals surface area contributed by atoms with Crippen LogP contribution in [0.2, 0.25) is 0 Å². The van der Waals surface area contributed by atoms with Gasteiger partial charge < -0.3 is 9.84 Å². The lowest BCUT2D eigenvalue weighted by atomic mass is 10.2. The van der Waals surface area contributed by atoms with Gasteiger partial charge in [0.15, 0.2) is 5.82 Å². The summed E-state index contributed by atoms with van der Waals surface area (Å²) in [5.41, 5.74) is 1.05. The van der Waals surface area contributed by atoms with Gasteiger partial charge in [-0.05, 0) is 19.8 Å². The van der Waals surface area contributed by atoms with E-state index in [1.54, 1.807) is 11.3 Å². The van der Waals surface area contributed by atoms with Crippen molar-refractivity contribution >= 4 is 11.3 Å². The summed E-state index contributed by atoms with van der Waals surface area (Å²) in [6.45, 7) is 2.67. The molecular weight excluding hydrogens is 260 g/mol. The van der Waals surface area contributed by atoms with Gasteiger partial charge in [-0.25, -0.2) is 4.98 Å². The van der Waals surface area contributed by atoms with E-state index in [1.807, 2.05) is 12.3 Å². The summed E-state index contributed by atoms with van der Waals surface area (Å²) in [7, 11) is 0. The van der Waals surface area contributed by atoms with Crippen molar-refractivity contribution in [1.82, 2.24) is 20.4 Å². The zero-order valence-electron chi connectivity index (χ0n) is 11.1. The molecule has 102 valence electrons. The quantitative estimate of drug-likeness (QED) is 0.910. The number of rotatable bonds is 5. The summed E-state index contributed by atoms with van der Waals surface area (Å²) in [5.74, 6) is 1.40. The average molecular weight is 278 g/mol. The molecule has 2 aromatic rings. The summed E-state index contributed by atoms with van der Waals surface area (Å²) in [5, 5.41) is 10.6. The van der Waals surface area contributed by atoms with E-state index in [0.717, 1.165) is 16.5 Å². The maximum absolute atomic E-state index is 5.26. The highest BCUT2D eigenvalue weighted by Crippen LogP contribution is 2.18. The largest absolute Gasteiger partial charge is 0.338 e. The molecule has 3 rings (SSSR count). The molecule has 0 radical (unpaired) electrons. The zero-order chi connectivity index (χ0) is 13.1. The van der Waals surface area contributed by atoms with Crippen molar-refractivity contribution in [3.63, 3.8) is 0 Å². The number of thiazole rings is 1. The molecule has 0 spiro atoms. The molecule has 1 N–H and O–H groups in total. The van der Waals surface area contributed by atoms with Gasteiger partial charge in [0, 0.05) is 17.1 Å². The zero-order valence-corrected chi connectivity index (χ0v) is 11.9. The topological polar surface area (TPSA) is 63.8 Å². The molecule has 6 heteroatoms. The van der Waals surface area contributed by atoms with Crippen molar-refractivity contribution in [2.75, 3.05) is 0 Å². The minimum atomic E-state index is 0.622. The number of aromatic nitrogens is 3. The Balaban J connectivity index is 1.53. The average Bonchev–Trinajstić information content (AvgIpc) is 3.10. The molecule has 0 saturated heterocycles. The first kappa shape index (κ1) is 12.7. The highest BCUT2D eigenvalue weighted by atomic mass is 32.1. The van der Waals surface area contributed by atoms with Crippen LogP contribution in [0, 0.1) is 6.92 Å². The van der Waals surface area contributed by atoms with E-state index in [2.05, 4.69) is 20.4 Å². The number of aryl methyl sites for hydroxylation is 1. The van der Waals surface area contributed by atoms with E-state index in [1.165, 1.54) is 25.7 Å². The van der Waals surface area contributed by atoms with Crippen LogP contribution in [-0.2, 0) is 13.0 Å². The smallest absolute Gasteiger partial charge is 0.240 e. The Labute approximate surface area is 116 Å². The minimum absolute atomic E-state index is 0.622. The molecule has 2 aromatic heterocycles. The second-order valence-corrected chi connectivity index (χ2v) is 5.97. The van der Waals surface area contributed by atoms with Gasteiger partial charge >= 0.3 is 0 Å². The molecule has 1 aliphatic rings. The van der Waals surface area contributed by atoms with Crippen molar-refractivity contribution in [2.24, 2.45) is 0 Å². The van der Waals surface area contributed by atoms with Crippen LogP contribution in [0.25, 0.3) is 0 Å². The molecule has 0 bridgehead atoms. The van der Waals surface area contributed by atoms with Crippen LogP contribution in [0.1, 0.15) is 48.1 Å². The second kappa shape index (κ2) is 5.79. The highest BCUT2D eigenvalue weighted by Gasteiger charge is 2.15. The fraction of sp³-hybridized carbons (Fsp3) is 0.615. The van der Waals surface area contributed by atoms with E-state index >= 15 is 0 Å². The first-order valence-corrected chi connectivity index (χ1v) is 7.63. The van der Waals surface area contributed by atoms with Gasteiger partial charge in [0.25, 0.3) is 0 Å². The second-order valence-electron chi connectivity index (χ2n) is 5.03. The standard InChI is InChI=1S/C13H18N4OS/c1-9-8-19-13(15-9)6-11-16-12(18-17-11)7-14-10-4-2-3-5-10/h8,10,14H,2-7H2,1H3. The first-order valence-electron chi connectivity index (χ1n) is 6.75. The van der Waals surface area contributed by atoms with Crippen molar-refractivity contribution in [3.05, 3.63) is 27.8 Å². The number of nitrogens with zero attached hydrogens (tertiary/aromatic N) is 3. The molecule has 1 saturated carbocycles. The van der Waals surface area contributed by atoms with Gasteiger partial charge in [0.1, 0.15) is 5.01 Å². The van der Waals surface area contributed by atoms with Gasteiger partial charge in [0.2, 0.25) is 5.89 Å². The van der Waals surface area contributed by atoms with Crippen LogP contribution in [0.5, 0.6) is 0 Å². The molecule has 2 heterocycles. The summed E-state index contributed by atoms with van der Waals surface area (Å²) >= 11 is 1.64. The van der Waals surface area contributed by atoms with Gasteiger partial charge in [0.05, 0.1) is 13.0 Å². The minimum Gasteiger partial charge on any atom is -0.338 e. The van der Waals surface area contributed by atoms with Gasteiger partial charge in [-0.2, -0.15) is 4.98 Å². The molecule has 0 aromatic carbocycles. The summed E-state index contributed by atoms with van der Waals surface area (Å²) in [6, 6.07) is 0.622. The molecule has 1 aliphatic carbocycles. The Hall–Kier alpha value is -1.27. The Morgan fingerprint density at radius 1 is 1.37 bits per heavy atom. The molecule has 1 fully saturated rings. The van der Waals surface area contributed by atoms with E-state index in [4.69, 9.17) is 4.52 Å². The van der Waals surface area contributed by atoms with Crippen molar-refractivity contribution in [3.8, 4) is 0 Å². The fourth-order valence-electron chi connectivity index (χ4n) is 2.41. The molecule has 0 amide bonds. The SMILES string of the molecule is Cc1csc(Cc2noc(CNC3CCCC3)n2)n1. The van der Waals surface area contributed by atoms with Gasteiger partial charge in [-0.15, -0.1) is 11.3 Å². The number of nitrogens with one attached hydrogen (secondary N) is 1. The monoisotopic (exact) mass is 278 g/mol. The van der Waals surface area contributed by atoms with Crippen LogP contribution >= 0.6 is 11.3 Å². The Morgan fingerprint density at radius 3 is 2.95 bits per heavy atom. The number of hydrogen-bond donors (Lipinski definition) is 1. The lowest BCUT2D eigenvalue weighted by Crippen LogP contribution is -2.25. The maximum atomic E-state index is 5.26. The van der Waals surface area contributed by atoms with Crippen LogP contribution in [0.4, 0.5) is 0 Å². The Bertz CT molecular complexity index is 530. The molecular formula is C13H18N4OS. The normalized spacial score (nSPS) is 16.3. The van der Waals surface area contributed by atoms with E-state index < -0.39 is 0 Å². The lowest BCUT2D eigenvalue weighted by Gasteiger charge is -2.08. The third kappa shape index (κ3) is 3.39.